The van der Waals surface area contributed by atoms with E-state index in [9.17, 15) is 18.0 Å². The minimum absolute atomic E-state index is 0.194. The average Bonchev–Trinajstić information content (AvgIpc) is 2.84. The normalized spacial score (nSPS) is 24.6. The van der Waals surface area contributed by atoms with Gasteiger partial charge in [-0.05, 0) is 32.7 Å². The largest absolute Gasteiger partial charge is 0.462 e. The molecule has 0 amide bonds. The summed E-state index contributed by atoms with van der Waals surface area (Å²) in [6, 6.07) is 0. The van der Waals surface area contributed by atoms with Crippen molar-refractivity contribution >= 4 is 5.97 Å². The lowest BCUT2D eigenvalue weighted by molar-refractivity contribution is -0.231. The van der Waals surface area contributed by atoms with Gasteiger partial charge in [-0.15, -0.1) is 0 Å². The minimum atomic E-state index is -4.56. The number of hydrogen-bond donors (Lipinski definition) is 1. The van der Waals surface area contributed by atoms with Gasteiger partial charge in [-0.3, -0.25) is 4.79 Å². The van der Waals surface area contributed by atoms with Crippen molar-refractivity contribution in [1.82, 2.24) is 5.32 Å². The first-order valence-corrected chi connectivity index (χ1v) is 7.32. The molecule has 2 unspecified atom stereocenters. The lowest BCUT2D eigenvalue weighted by Crippen LogP contribution is -2.48. The maximum Gasteiger partial charge on any atom is 0.406 e. The first-order valence-electron chi connectivity index (χ1n) is 7.32. The van der Waals surface area contributed by atoms with Crippen molar-refractivity contribution in [3.63, 3.8) is 0 Å². The first-order chi connectivity index (χ1) is 9.33. The number of carbonyl (C=O) groups excluding carboxylic acids is 1. The van der Waals surface area contributed by atoms with E-state index in [1.54, 1.807) is 6.92 Å². The maximum absolute atomic E-state index is 13.1. The van der Waals surface area contributed by atoms with Gasteiger partial charge >= 0.3 is 12.1 Å². The van der Waals surface area contributed by atoms with Crippen LogP contribution in [0.25, 0.3) is 0 Å². The van der Waals surface area contributed by atoms with Gasteiger partial charge in [0, 0.05) is 6.54 Å². The summed E-state index contributed by atoms with van der Waals surface area (Å²) in [5.41, 5.74) is -2.36. The summed E-state index contributed by atoms with van der Waals surface area (Å²) in [7, 11) is 0. The SMILES string of the molecule is CCCCCCC(C)OC(=O)C1(C(F)(F)F)CCNC1. The van der Waals surface area contributed by atoms with E-state index in [-0.39, 0.29) is 19.5 Å². The van der Waals surface area contributed by atoms with E-state index in [0.29, 0.717) is 6.42 Å². The summed E-state index contributed by atoms with van der Waals surface area (Å²) >= 11 is 0. The summed E-state index contributed by atoms with van der Waals surface area (Å²) in [5, 5.41) is 2.61. The third-order valence-electron chi connectivity index (χ3n) is 3.86. The summed E-state index contributed by atoms with van der Waals surface area (Å²) in [6.45, 7) is 3.57. The van der Waals surface area contributed by atoms with Gasteiger partial charge in [0.2, 0.25) is 0 Å². The van der Waals surface area contributed by atoms with Crippen molar-refractivity contribution in [3.8, 4) is 0 Å². The molecule has 0 radical (unpaired) electrons. The fourth-order valence-electron chi connectivity index (χ4n) is 2.44. The van der Waals surface area contributed by atoms with E-state index in [1.807, 2.05) is 0 Å². The van der Waals surface area contributed by atoms with Crippen LogP contribution in [0.4, 0.5) is 13.2 Å². The van der Waals surface area contributed by atoms with Crippen LogP contribution in [0.5, 0.6) is 0 Å². The Balaban J connectivity index is 2.51. The van der Waals surface area contributed by atoms with Gasteiger partial charge in [-0.2, -0.15) is 13.2 Å². The van der Waals surface area contributed by atoms with Crippen molar-refractivity contribution in [2.75, 3.05) is 13.1 Å². The summed E-state index contributed by atoms with van der Waals surface area (Å²) in [5.74, 6) is -1.13. The van der Waals surface area contributed by atoms with Gasteiger partial charge in [0.25, 0.3) is 0 Å². The fraction of sp³-hybridized carbons (Fsp3) is 0.929. The summed E-state index contributed by atoms with van der Waals surface area (Å²) < 4.78 is 44.4. The van der Waals surface area contributed by atoms with Crippen molar-refractivity contribution in [3.05, 3.63) is 0 Å². The lowest BCUT2D eigenvalue weighted by Gasteiger charge is -2.29. The Morgan fingerprint density at radius 2 is 2.05 bits per heavy atom. The molecule has 1 aliphatic rings. The standard InChI is InChI=1S/C14H24F3NO2/c1-3-4-5-6-7-11(2)20-12(19)13(14(15,16)17)8-9-18-10-13/h11,18H,3-10H2,1-2H3. The van der Waals surface area contributed by atoms with Gasteiger partial charge in [0.1, 0.15) is 0 Å². The highest BCUT2D eigenvalue weighted by Gasteiger charge is 2.62. The van der Waals surface area contributed by atoms with Crippen LogP contribution in [0.3, 0.4) is 0 Å². The van der Waals surface area contributed by atoms with Crippen molar-refractivity contribution in [1.29, 1.82) is 0 Å². The Hall–Kier alpha value is -0.780. The zero-order valence-electron chi connectivity index (χ0n) is 12.2. The van der Waals surface area contributed by atoms with Crippen LogP contribution in [0.1, 0.15) is 52.4 Å². The maximum atomic E-state index is 13.1. The third kappa shape index (κ3) is 4.11. The second-order valence-corrected chi connectivity index (χ2v) is 5.57. The molecule has 0 aromatic heterocycles. The highest BCUT2D eigenvalue weighted by atomic mass is 19.4. The van der Waals surface area contributed by atoms with Gasteiger partial charge in [-0.1, -0.05) is 26.2 Å². The number of hydrogen-bond acceptors (Lipinski definition) is 3. The topological polar surface area (TPSA) is 38.3 Å². The number of carbonyl (C=O) groups is 1. The molecule has 20 heavy (non-hydrogen) atoms. The van der Waals surface area contributed by atoms with Crippen LogP contribution in [0, 0.1) is 5.41 Å². The van der Waals surface area contributed by atoms with Crippen LogP contribution in [0.2, 0.25) is 0 Å². The third-order valence-corrected chi connectivity index (χ3v) is 3.86. The second-order valence-electron chi connectivity index (χ2n) is 5.57. The van der Waals surface area contributed by atoms with E-state index in [4.69, 9.17) is 4.74 Å². The highest BCUT2D eigenvalue weighted by Crippen LogP contribution is 2.44. The molecule has 118 valence electrons. The van der Waals surface area contributed by atoms with Crippen LogP contribution >= 0.6 is 0 Å². The second kappa shape index (κ2) is 7.29. The number of halogens is 3. The van der Waals surface area contributed by atoms with E-state index < -0.39 is 23.7 Å². The molecule has 0 aromatic carbocycles. The van der Waals surface area contributed by atoms with Gasteiger partial charge < -0.3 is 10.1 Å². The van der Waals surface area contributed by atoms with Crippen LogP contribution in [-0.4, -0.2) is 31.3 Å². The highest BCUT2D eigenvalue weighted by molar-refractivity contribution is 5.79. The molecule has 1 fully saturated rings. The molecule has 1 rings (SSSR count). The van der Waals surface area contributed by atoms with E-state index in [2.05, 4.69) is 12.2 Å². The number of alkyl halides is 3. The Morgan fingerprint density at radius 1 is 1.35 bits per heavy atom. The number of ether oxygens (including phenoxy) is 1. The molecule has 0 aromatic rings. The molecule has 1 aliphatic heterocycles. The molecule has 6 heteroatoms. The molecule has 3 nitrogen and oxygen atoms in total. The van der Waals surface area contributed by atoms with E-state index in [1.165, 1.54) is 0 Å². The fourth-order valence-corrected chi connectivity index (χ4v) is 2.44. The molecular weight excluding hydrogens is 271 g/mol. The Bertz CT molecular complexity index is 312. The molecular formula is C14H24F3NO2. The number of nitrogens with one attached hydrogen (secondary N) is 1. The number of esters is 1. The first kappa shape index (κ1) is 17.3. The van der Waals surface area contributed by atoms with Crippen molar-refractivity contribution in [2.24, 2.45) is 5.41 Å². The zero-order chi connectivity index (χ0) is 15.2. The average molecular weight is 295 g/mol. The Kier molecular flexibility index (Phi) is 6.30. The lowest BCUT2D eigenvalue weighted by atomic mass is 9.86. The van der Waals surface area contributed by atoms with Crippen LogP contribution < -0.4 is 5.32 Å². The Morgan fingerprint density at radius 3 is 2.55 bits per heavy atom. The number of rotatable bonds is 7. The summed E-state index contributed by atoms with van der Waals surface area (Å²) in [4.78, 5) is 11.9. The van der Waals surface area contributed by atoms with Crippen molar-refractivity contribution < 1.29 is 22.7 Å². The van der Waals surface area contributed by atoms with Gasteiger partial charge in [0.15, 0.2) is 5.41 Å². The van der Waals surface area contributed by atoms with Crippen molar-refractivity contribution in [2.45, 2.75) is 64.7 Å². The molecule has 0 aliphatic carbocycles. The minimum Gasteiger partial charge on any atom is -0.462 e. The predicted molar refractivity (Wildman–Crippen MR) is 70.3 cm³/mol. The molecule has 0 spiro atoms. The molecule has 0 bridgehead atoms. The monoisotopic (exact) mass is 295 g/mol. The molecule has 0 saturated carbocycles. The van der Waals surface area contributed by atoms with Gasteiger partial charge in [-0.25, -0.2) is 0 Å². The molecule has 1 N–H and O–H groups in total. The zero-order valence-corrected chi connectivity index (χ0v) is 12.2. The van der Waals surface area contributed by atoms with Gasteiger partial charge in [0.05, 0.1) is 6.10 Å². The van der Waals surface area contributed by atoms with Crippen LogP contribution in [-0.2, 0) is 9.53 Å². The smallest absolute Gasteiger partial charge is 0.406 e. The number of unbranched alkanes of at least 4 members (excludes halogenated alkanes) is 3. The molecule has 1 heterocycles. The van der Waals surface area contributed by atoms with E-state index in [0.717, 1.165) is 25.7 Å². The quantitative estimate of drug-likeness (QED) is 0.577. The molecule has 1 saturated heterocycles. The summed E-state index contributed by atoms with van der Waals surface area (Å²) in [6.07, 6.45) is -0.558. The Labute approximate surface area is 118 Å². The predicted octanol–water partition coefficient (Wildman–Crippen LogP) is 3.43. The van der Waals surface area contributed by atoms with Crippen LogP contribution in [0.15, 0.2) is 0 Å². The van der Waals surface area contributed by atoms with E-state index >= 15 is 0 Å². The molecule has 2 atom stereocenters.